The summed E-state index contributed by atoms with van der Waals surface area (Å²) >= 11 is 0. The Morgan fingerprint density at radius 1 is 1.67 bits per heavy atom. The van der Waals surface area contributed by atoms with E-state index in [4.69, 9.17) is 5.73 Å². The Morgan fingerprint density at radius 2 is 2.33 bits per heavy atom. The lowest BCUT2D eigenvalue weighted by molar-refractivity contribution is 0.0948. The minimum atomic E-state index is -0.885. The molecule has 1 unspecified atom stereocenters. The summed E-state index contributed by atoms with van der Waals surface area (Å²) in [5.74, 6) is 0.269. The first-order chi connectivity index (χ1) is 7.00. The van der Waals surface area contributed by atoms with Crippen LogP contribution in [-0.4, -0.2) is 33.2 Å². The maximum atomic E-state index is 11.6. The second-order valence-electron chi connectivity index (χ2n) is 3.30. The molecular formula is C9H15N3O2S. The summed E-state index contributed by atoms with van der Waals surface area (Å²) in [5.41, 5.74) is 6.61. The van der Waals surface area contributed by atoms with Gasteiger partial charge in [-0.3, -0.25) is 9.00 Å². The van der Waals surface area contributed by atoms with Gasteiger partial charge in [0.1, 0.15) is 5.69 Å². The first-order valence-corrected chi connectivity index (χ1v) is 6.23. The molecule has 1 aromatic rings. The lowest BCUT2D eigenvalue weighted by Crippen LogP contribution is -2.28. The van der Waals surface area contributed by atoms with Gasteiger partial charge in [0.05, 0.1) is 5.69 Å². The molecule has 1 atom stereocenters. The maximum Gasteiger partial charge on any atom is 0.268 e. The summed E-state index contributed by atoms with van der Waals surface area (Å²) in [6, 6.07) is 1.61. The van der Waals surface area contributed by atoms with Crippen molar-refractivity contribution in [3.63, 3.8) is 0 Å². The van der Waals surface area contributed by atoms with Crippen LogP contribution in [0.4, 0.5) is 5.69 Å². The van der Waals surface area contributed by atoms with Crippen LogP contribution in [0.1, 0.15) is 10.5 Å². The zero-order valence-electron chi connectivity index (χ0n) is 8.82. The molecule has 15 heavy (non-hydrogen) atoms. The van der Waals surface area contributed by atoms with Gasteiger partial charge in [-0.25, -0.2) is 0 Å². The van der Waals surface area contributed by atoms with E-state index in [9.17, 15) is 9.00 Å². The molecule has 0 radical (unpaired) electrons. The van der Waals surface area contributed by atoms with E-state index in [1.807, 2.05) is 0 Å². The molecule has 0 aliphatic rings. The fourth-order valence-electron chi connectivity index (χ4n) is 1.21. The van der Waals surface area contributed by atoms with Crippen molar-refractivity contribution in [2.75, 3.05) is 24.3 Å². The molecule has 0 fully saturated rings. The van der Waals surface area contributed by atoms with E-state index in [0.29, 0.717) is 23.7 Å². The number of nitrogen functional groups attached to an aromatic ring is 1. The third kappa shape index (κ3) is 3.39. The van der Waals surface area contributed by atoms with Crippen LogP contribution in [0.5, 0.6) is 0 Å². The first kappa shape index (κ1) is 11.8. The standard InChI is InChI=1S/C9H15N3O2S/c1-12-6-7(10)5-8(12)9(13)11-3-4-15(2)14/h5-6H,3-4,10H2,1-2H3,(H,11,13). The lowest BCUT2D eigenvalue weighted by atomic mass is 10.4. The van der Waals surface area contributed by atoms with E-state index in [2.05, 4.69) is 5.32 Å². The van der Waals surface area contributed by atoms with Crippen LogP contribution in [0.3, 0.4) is 0 Å². The Labute approximate surface area is 91.1 Å². The number of nitrogens with two attached hydrogens (primary N) is 1. The van der Waals surface area contributed by atoms with Crippen molar-refractivity contribution >= 4 is 22.4 Å². The highest BCUT2D eigenvalue weighted by Crippen LogP contribution is 2.07. The van der Waals surface area contributed by atoms with Gasteiger partial charge in [-0.2, -0.15) is 0 Å². The fourth-order valence-corrected chi connectivity index (χ4v) is 1.60. The Bertz CT molecular complexity index is 387. The van der Waals surface area contributed by atoms with E-state index < -0.39 is 10.8 Å². The molecule has 1 aromatic heterocycles. The zero-order chi connectivity index (χ0) is 11.4. The SMILES string of the molecule is Cn1cc(N)cc1C(=O)NCCS(C)=O. The van der Waals surface area contributed by atoms with E-state index in [-0.39, 0.29) is 5.91 Å². The summed E-state index contributed by atoms with van der Waals surface area (Å²) in [5, 5.41) is 2.68. The van der Waals surface area contributed by atoms with Crippen LogP contribution in [0, 0.1) is 0 Å². The van der Waals surface area contributed by atoms with Gasteiger partial charge >= 0.3 is 0 Å². The number of hydrogen-bond acceptors (Lipinski definition) is 3. The van der Waals surface area contributed by atoms with Crippen LogP contribution in [-0.2, 0) is 17.8 Å². The molecule has 1 rings (SSSR count). The predicted octanol–water partition coefficient (Wildman–Crippen LogP) is -0.284. The van der Waals surface area contributed by atoms with E-state index in [1.165, 1.54) is 0 Å². The highest BCUT2D eigenvalue weighted by atomic mass is 32.2. The number of aromatic nitrogens is 1. The van der Waals surface area contributed by atoms with Crippen molar-refractivity contribution in [1.29, 1.82) is 0 Å². The minimum absolute atomic E-state index is 0.195. The average molecular weight is 229 g/mol. The largest absolute Gasteiger partial charge is 0.397 e. The van der Waals surface area contributed by atoms with Gasteiger partial charge in [0.15, 0.2) is 0 Å². The number of hydrogen-bond donors (Lipinski definition) is 2. The van der Waals surface area contributed by atoms with Gasteiger partial charge in [0.25, 0.3) is 5.91 Å². The van der Waals surface area contributed by atoms with Crippen molar-refractivity contribution in [1.82, 2.24) is 9.88 Å². The molecule has 0 bridgehead atoms. The second kappa shape index (κ2) is 4.97. The van der Waals surface area contributed by atoms with E-state index >= 15 is 0 Å². The fraction of sp³-hybridized carbons (Fsp3) is 0.444. The first-order valence-electron chi connectivity index (χ1n) is 4.50. The van der Waals surface area contributed by atoms with E-state index in [0.717, 1.165) is 0 Å². The Morgan fingerprint density at radius 3 is 2.80 bits per heavy atom. The van der Waals surface area contributed by atoms with Crippen LogP contribution in [0.25, 0.3) is 0 Å². The van der Waals surface area contributed by atoms with Crippen molar-refractivity contribution in [2.45, 2.75) is 0 Å². The van der Waals surface area contributed by atoms with Crippen molar-refractivity contribution < 1.29 is 9.00 Å². The molecule has 0 saturated heterocycles. The van der Waals surface area contributed by atoms with Gasteiger partial charge in [0, 0.05) is 42.6 Å². The summed E-state index contributed by atoms with van der Waals surface area (Å²) in [6.45, 7) is 0.410. The number of nitrogens with zero attached hydrogens (tertiary/aromatic N) is 1. The number of carbonyl (C=O) groups is 1. The summed E-state index contributed by atoms with van der Waals surface area (Å²) in [7, 11) is 0.868. The molecule has 0 aliphatic heterocycles. The quantitative estimate of drug-likeness (QED) is 0.745. The normalized spacial score (nSPS) is 12.4. The van der Waals surface area contributed by atoms with E-state index in [1.54, 1.807) is 30.1 Å². The monoisotopic (exact) mass is 229 g/mol. The third-order valence-corrected chi connectivity index (χ3v) is 2.71. The van der Waals surface area contributed by atoms with Crippen molar-refractivity contribution in [3.05, 3.63) is 18.0 Å². The van der Waals surface area contributed by atoms with Gasteiger partial charge in [-0.15, -0.1) is 0 Å². The molecule has 0 saturated carbocycles. The average Bonchev–Trinajstić information content (AvgIpc) is 2.44. The summed E-state index contributed by atoms with van der Waals surface area (Å²) in [6.07, 6.45) is 3.28. The van der Waals surface area contributed by atoms with Crippen LogP contribution in [0.2, 0.25) is 0 Å². The molecule has 3 N–H and O–H groups in total. The summed E-state index contributed by atoms with van der Waals surface area (Å²) in [4.78, 5) is 11.6. The predicted molar refractivity (Wildman–Crippen MR) is 61.1 cm³/mol. The topological polar surface area (TPSA) is 77.1 Å². The number of amides is 1. The summed E-state index contributed by atoms with van der Waals surface area (Å²) < 4.78 is 12.4. The Balaban J connectivity index is 2.54. The number of aryl methyl sites for hydroxylation is 1. The maximum absolute atomic E-state index is 11.6. The molecule has 0 spiro atoms. The molecule has 1 heterocycles. The number of nitrogens with one attached hydrogen (secondary N) is 1. The van der Waals surface area contributed by atoms with Gasteiger partial charge in [-0.05, 0) is 6.07 Å². The van der Waals surface area contributed by atoms with Crippen molar-refractivity contribution in [2.24, 2.45) is 7.05 Å². The second-order valence-corrected chi connectivity index (χ2v) is 4.86. The number of rotatable bonds is 4. The lowest BCUT2D eigenvalue weighted by Gasteiger charge is -2.04. The molecule has 0 aromatic carbocycles. The molecule has 1 amide bonds. The van der Waals surface area contributed by atoms with Gasteiger partial charge < -0.3 is 15.6 Å². The smallest absolute Gasteiger partial charge is 0.268 e. The third-order valence-electron chi connectivity index (χ3n) is 1.93. The molecule has 0 aliphatic carbocycles. The molecule has 84 valence electrons. The van der Waals surface area contributed by atoms with Gasteiger partial charge in [-0.1, -0.05) is 0 Å². The molecule has 5 nitrogen and oxygen atoms in total. The number of anilines is 1. The minimum Gasteiger partial charge on any atom is -0.397 e. The van der Waals surface area contributed by atoms with Gasteiger partial charge in [0.2, 0.25) is 0 Å². The highest BCUT2D eigenvalue weighted by molar-refractivity contribution is 7.84. The van der Waals surface area contributed by atoms with Crippen molar-refractivity contribution in [3.8, 4) is 0 Å². The zero-order valence-corrected chi connectivity index (χ0v) is 9.63. The molecular weight excluding hydrogens is 214 g/mol. The van der Waals surface area contributed by atoms with Crippen LogP contribution < -0.4 is 11.1 Å². The Kier molecular flexibility index (Phi) is 3.90. The molecule has 6 heteroatoms. The van der Waals surface area contributed by atoms with Crippen LogP contribution in [0.15, 0.2) is 12.3 Å². The number of carbonyl (C=O) groups excluding carboxylic acids is 1. The highest BCUT2D eigenvalue weighted by Gasteiger charge is 2.09. The Hall–Kier alpha value is -1.30. The van der Waals surface area contributed by atoms with Crippen LogP contribution >= 0.6 is 0 Å².